The van der Waals surface area contributed by atoms with E-state index in [9.17, 15) is 0 Å². The molecule has 124 valence electrons. The van der Waals surface area contributed by atoms with Crippen LogP contribution in [0.5, 0.6) is 0 Å². The average Bonchev–Trinajstić information content (AvgIpc) is 3.08. The number of nitrogens with one attached hydrogen (secondary N) is 2. The molecule has 0 aromatic carbocycles. The molecule has 1 unspecified atom stereocenters. The fraction of sp³-hybridized carbons (Fsp3) is 0.933. The van der Waals surface area contributed by atoms with Crippen LogP contribution in [-0.2, 0) is 0 Å². The Kier molecular flexibility index (Phi) is 8.71. The number of likely N-dealkylation sites (N-methyl/N-ethyl adjacent to an activating group) is 1. The molecule has 21 heavy (non-hydrogen) atoms. The lowest BCUT2D eigenvalue weighted by atomic mass is 9.98. The Balaban J connectivity index is 0.00000220. The second-order valence-electron chi connectivity index (χ2n) is 6.24. The van der Waals surface area contributed by atoms with E-state index in [-0.39, 0.29) is 29.5 Å². The summed E-state index contributed by atoms with van der Waals surface area (Å²) >= 11 is 2.06. The molecular weight excluding hydrogens is 395 g/mol. The van der Waals surface area contributed by atoms with Gasteiger partial charge in [-0.25, -0.2) is 0 Å². The zero-order chi connectivity index (χ0) is 14.4. The molecular formula is C15H31IN4S. The first-order valence-corrected chi connectivity index (χ1v) is 9.12. The van der Waals surface area contributed by atoms with E-state index in [0.29, 0.717) is 6.04 Å². The van der Waals surface area contributed by atoms with Gasteiger partial charge in [0, 0.05) is 23.9 Å². The quantitative estimate of drug-likeness (QED) is 0.403. The minimum Gasteiger partial charge on any atom is -0.357 e. The van der Waals surface area contributed by atoms with Crippen molar-refractivity contribution in [2.24, 2.45) is 4.99 Å². The first kappa shape index (κ1) is 19.4. The number of hydrogen-bond acceptors (Lipinski definition) is 3. The molecule has 6 heteroatoms. The lowest BCUT2D eigenvalue weighted by molar-refractivity contribution is 0.190. The zero-order valence-corrected chi connectivity index (χ0v) is 16.8. The molecule has 1 aliphatic heterocycles. The highest BCUT2D eigenvalue weighted by atomic mass is 127. The molecule has 1 saturated carbocycles. The SMILES string of the molecule is CCNC(=NCC1(N(C)C)CCSC1)NC1CCCC1.I. The maximum Gasteiger partial charge on any atom is 0.191 e. The molecule has 1 heterocycles. The van der Waals surface area contributed by atoms with Crippen molar-refractivity contribution in [3.63, 3.8) is 0 Å². The Morgan fingerprint density at radius 1 is 1.33 bits per heavy atom. The van der Waals surface area contributed by atoms with Gasteiger partial charge in [0.1, 0.15) is 0 Å². The normalized spacial score (nSPS) is 27.0. The largest absolute Gasteiger partial charge is 0.357 e. The van der Waals surface area contributed by atoms with E-state index in [2.05, 4.69) is 48.3 Å². The molecule has 0 aromatic rings. The van der Waals surface area contributed by atoms with E-state index in [1.807, 2.05) is 0 Å². The molecule has 2 N–H and O–H groups in total. The van der Waals surface area contributed by atoms with Gasteiger partial charge in [-0.05, 0) is 46.0 Å². The third kappa shape index (κ3) is 5.46. The monoisotopic (exact) mass is 426 g/mol. The van der Waals surface area contributed by atoms with Crippen LogP contribution in [0.4, 0.5) is 0 Å². The summed E-state index contributed by atoms with van der Waals surface area (Å²) in [5.74, 6) is 3.48. The van der Waals surface area contributed by atoms with Gasteiger partial charge in [0.25, 0.3) is 0 Å². The fourth-order valence-electron chi connectivity index (χ4n) is 3.03. The maximum absolute atomic E-state index is 4.89. The van der Waals surface area contributed by atoms with Crippen molar-refractivity contribution >= 4 is 41.7 Å². The molecule has 0 radical (unpaired) electrons. The summed E-state index contributed by atoms with van der Waals surface area (Å²) in [6.45, 7) is 3.97. The Hall–Kier alpha value is 0.310. The first-order valence-electron chi connectivity index (χ1n) is 7.96. The molecule has 2 aliphatic rings. The van der Waals surface area contributed by atoms with Gasteiger partial charge in [0.15, 0.2) is 5.96 Å². The second kappa shape index (κ2) is 9.45. The third-order valence-corrected chi connectivity index (χ3v) is 5.84. The van der Waals surface area contributed by atoms with Crippen LogP contribution in [0.2, 0.25) is 0 Å². The van der Waals surface area contributed by atoms with Crippen molar-refractivity contribution in [1.29, 1.82) is 0 Å². The predicted octanol–water partition coefficient (Wildman–Crippen LogP) is 2.54. The highest BCUT2D eigenvalue weighted by Gasteiger charge is 2.36. The van der Waals surface area contributed by atoms with Gasteiger partial charge in [0.2, 0.25) is 0 Å². The van der Waals surface area contributed by atoms with E-state index >= 15 is 0 Å². The number of aliphatic imine (C=N–C) groups is 1. The molecule has 0 spiro atoms. The van der Waals surface area contributed by atoms with Crippen molar-refractivity contribution in [2.45, 2.75) is 50.6 Å². The van der Waals surface area contributed by atoms with Gasteiger partial charge in [0.05, 0.1) is 6.54 Å². The summed E-state index contributed by atoms with van der Waals surface area (Å²) in [7, 11) is 4.39. The van der Waals surface area contributed by atoms with E-state index in [0.717, 1.165) is 19.0 Å². The minimum absolute atomic E-state index is 0. The van der Waals surface area contributed by atoms with Gasteiger partial charge < -0.3 is 15.5 Å². The van der Waals surface area contributed by atoms with Crippen molar-refractivity contribution in [3.8, 4) is 0 Å². The zero-order valence-electron chi connectivity index (χ0n) is 13.7. The molecule has 1 atom stereocenters. The number of hydrogen-bond donors (Lipinski definition) is 2. The number of halogens is 1. The topological polar surface area (TPSA) is 39.7 Å². The van der Waals surface area contributed by atoms with Crippen molar-refractivity contribution < 1.29 is 0 Å². The highest BCUT2D eigenvalue weighted by molar-refractivity contribution is 14.0. The summed E-state index contributed by atoms with van der Waals surface area (Å²) in [6.07, 6.45) is 6.54. The average molecular weight is 426 g/mol. The Labute approximate surface area is 151 Å². The van der Waals surface area contributed by atoms with Crippen LogP contribution in [0.25, 0.3) is 0 Å². The predicted molar refractivity (Wildman–Crippen MR) is 105 cm³/mol. The number of nitrogens with zero attached hydrogens (tertiary/aromatic N) is 2. The maximum atomic E-state index is 4.89. The third-order valence-electron chi connectivity index (χ3n) is 4.60. The summed E-state index contributed by atoms with van der Waals surface area (Å²) in [5.41, 5.74) is 0.253. The van der Waals surface area contributed by atoms with E-state index in [4.69, 9.17) is 4.99 Å². The molecule has 4 nitrogen and oxygen atoms in total. The van der Waals surface area contributed by atoms with Gasteiger partial charge in [-0.15, -0.1) is 24.0 Å². The van der Waals surface area contributed by atoms with Crippen molar-refractivity contribution in [1.82, 2.24) is 15.5 Å². The number of thioether (sulfide) groups is 1. The molecule has 2 rings (SSSR count). The van der Waals surface area contributed by atoms with Gasteiger partial charge in [-0.1, -0.05) is 12.8 Å². The second-order valence-corrected chi connectivity index (χ2v) is 7.35. The van der Waals surface area contributed by atoms with E-state index < -0.39 is 0 Å². The first-order chi connectivity index (χ1) is 9.66. The molecule has 1 aliphatic carbocycles. The fourth-order valence-corrected chi connectivity index (χ4v) is 4.57. The summed E-state index contributed by atoms with van der Waals surface area (Å²) in [4.78, 5) is 7.26. The summed E-state index contributed by atoms with van der Waals surface area (Å²) in [5, 5.41) is 7.01. The van der Waals surface area contributed by atoms with Crippen LogP contribution in [-0.4, -0.2) is 61.1 Å². The minimum atomic E-state index is 0. The van der Waals surface area contributed by atoms with Crippen LogP contribution in [0.1, 0.15) is 39.0 Å². The van der Waals surface area contributed by atoms with Crippen LogP contribution < -0.4 is 10.6 Å². The lowest BCUT2D eigenvalue weighted by Crippen LogP contribution is -2.49. The van der Waals surface area contributed by atoms with Gasteiger partial charge in [-0.2, -0.15) is 11.8 Å². The van der Waals surface area contributed by atoms with Crippen LogP contribution in [0, 0.1) is 0 Å². The molecule has 1 saturated heterocycles. The van der Waals surface area contributed by atoms with Crippen LogP contribution in [0.3, 0.4) is 0 Å². The van der Waals surface area contributed by atoms with E-state index in [1.165, 1.54) is 43.6 Å². The Morgan fingerprint density at radius 3 is 2.57 bits per heavy atom. The van der Waals surface area contributed by atoms with E-state index in [1.54, 1.807) is 0 Å². The Morgan fingerprint density at radius 2 is 2.05 bits per heavy atom. The molecule has 2 fully saturated rings. The van der Waals surface area contributed by atoms with Crippen molar-refractivity contribution in [2.75, 3.05) is 38.7 Å². The molecule has 0 bridgehead atoms. The summed E-state index contributed by atoms with van der Waals surface area (Å²) < 4.78 is 0. The molecule has 0 amide bonds. The molecule has 0 aromatic heterocycles. The van der Waals surface area contributed by atoms with Crippen LogP contribution >= 0.6 is 35.7 Å². The summed E-state index contributed by atoms with van der Waals surface area (Å²) in [6, 6.07) is 0.626. The van der Waals surface area contributed by atoms with Gasteiger partial charge in [-0.3, -0.25) is 4.99 Å². The smallest absolute Gasteiger partial charge is 0.191 e. The van der Waals surface area contributed by atoms with Crippen molar-refractivity contribution in [3.05, 3.63) is 0 Å². The Bertz CT molecular complexity index is 324. The standard InChI is InChI=1S/C15H30N4S.HI/c1-4-16-14(18-13-7-5-6-8-13)17-11-15(19(2)3)9-10-20-12-15;/h13H,4-12H2,1-3H3,(H2,16,17,18);1H. The van der Waals surface area contributed by atoms with Gasteiger partial charge >= 0.3 is 0 Å². The van der Waals surface area contributed by atoms with Crippen LogP contribution in [0.15, 0.2) is 4.99 Å². The number of guanidine groups is 1. The number of rotatable bonds is 5. The lowest BCUT2D eigenvalue weighted by Gasteiger charge is -2.34. The highest BCUT2D eigenvalue weighted by Crippen LogP contribution is 2.32.